The lowest BCUT2D eigenvalue weighted by molar-refractivity contribution is 0.130. The molecule has 4 nitrogen and oxygen atoms in total. The molecule has 0 bridgehead atoms. The van der Waals surface area contributed by atoms with Crippen LogP contribution in [0.2, 0.25) is 0 Å². The Labute approximate surface area is 105 Å². The molecule has 0 saturated carbocycles. The first-order valence-corrected chi connectivity index (χ1v) is 6.97. The average Bonchev–Trinajstić information content (AvgIpc) is 2.38. The molecule has 1 aliphatic rings. The number of hydrogen-bond donors (Lipinski definition) is 1. The summed E-state index contributed by atoms with van der Waals surface area (Å²) < 4.78 is 5.48. The summed E-state index contributed by atoms with van der Waals surface area (Å²) in [6.07, 6.45) is 7.14. The third-order valence-corrected chi connectivity index (χ3v) is 3.04. The summed E-state index contributed by atoms with van der Waals surface area (Å²) in [5, 5.41) is 0. The van der Waals surface area contributed by atoms with Crippen LogP contribution in [0, 0.1) is 0 Å². The van der Waals surface area contributed by atoms with Crippen molar-refractivity contribution in [2.24, 2.45) is 10.7 Å². The zero-order valence-corrected chi connectivity index (χ0v) is 11.2. The molecule has 0 aromatic carbocycles. The van der Waals surface area contributed by atoms with Gasteiger partial charge >= 0.3 is 0 Å². The second-order valence-corrected chi connectivity index (χ2v) is 4.61. The Morgan fingerprint density at radius 2 is 1.88 bits per heavy atom. The molecule has 0 aromatic heterocycles. The van der Waals surface area contributed by atoms with Gasteiger partial charge in [-0.2, -0.15) is 0 Å². The minimum absolute atomic E-state index is 0.721. The first-order chi connectivity index (χ1) is 8.34. The van der Waals surface area contributed by atoms with Crippen LogP contribution in [0.3, 0.4) is 0 Å². The van der Waals surface area contributed by atoms with E-state index in [4.69, 9.17) is 10.5 Å². The summed E-state index contributed by atoms with van der Waals surface area (Å²) in [5.41, 5.74) is 5.95. The fourth-order valence-electron chi connectivity index (χ4n) is 1.93. The molecule has 1 fully saturated rings. The highest BCUT2D eigenvalue weighted by molar-refractivity contribution is 5.78. The van der Waals surface area contributed by atoms with Crippen molar-refractivity contribution in [3.8, 4) is 0 Å². The summed E-state index contributed by atoms with van der Waals surface area (Å²) in [7, 11) is 0. The van der Waals surface area contributed by atoms with Crippen molar-refractivity contribution in [3.63, 3.8) is 0 Å². The lowest BCUT2D eigenvalue weighted by Gasteiger charge is -2.27. The number of nitrogens with zero attached hydrogens (tertiary/aromatic N) is 2. The SMILES string of the molecule is CCCCOCCCN=C(N)N1CCCCC1. The molecular formula is C13H27N3O. The minimum atomic E-state index is 0.721. The van der Waals surface area contributed by atoms with E-state index in [1.165, 1.54) is 25.7 Å². The van der Waals surface area contributed by atoms with E-state index in [0.29, 0.717) is 0 Å². The van der Waals surface area contributed by atoms with Crippen molar-refractivity contribution >= 4 is 5.96 Å². The number of rotatable bonds is 7. The van der Waals surface area contributed by atoms with Gasteiger partial charge in [-0.05, 0) is 32.1 Å². The second-order valence-electron chi connectivity index (χ2n) is 4.61. The van der Waals surface area contributed by atoms with Gasteiger partial charge in [0.1, 0.15) is 0 Å². The molecule has 0 aromatic rings. The number of nitrogens with two attached hydrogens (primary N) is 1. The molecule has 1 rings (SSSR count). The molecular weight excluding hydrogens is 214 g/mol. The van der Waals surface area contributed by atoms with Gasteiger partial charge in [-0.25, -0.2) is 0 Å². The predicted octanol–water partition coefficient (Wildman–Crippen LogP) is 1.99. The predicted molar refractivity (Wildman–Crippen MR) is 72.3 cm³/mol. The lowest BCUT2D eigenvalue weighted by Crippen LogP contribution is -2.40. The van der Waals surface area contributed by atoms with Gasteiger partial charge in [-0.3, -0.25) is 4.99 Å². The summed E-state index contributed by atoms with van der Waals surface area (Å²) >= 11 is 0. The topological polar surface area (TPSA) is 50.9 Å². The van der Waals surface area contributed by atoms with Crippen LogP contribution >= 0.6 is 0 Å². The van der Waals surface area contributed by atoms with E-state index in [2.05, 4.69) is 16.8 Å². The quantitative estimate of drug-likeness (QED) is 0.421. The van der Waals surface area contributed by atoms with Gasteiger partial charge in [0.25, 0.3) is 0 Å². The smallest absolute Gasteiger partial charge is 0.191 e. The van der Waals surface area contributed by atoms with Crippen molar-refractivity contribution in [3.05, 3.63) is 0 Å². The van der Waals surface area contributed by atoms with Crippen LogP contribution in [-0.4, -0.2) is 43.7 Å². The van der Waals surface area contributed by atoms with Crippen molar-refractivity contribution < 1.29 is 4.74 Å². The minimum Gasteiger partial charge on any atom is -0.381 e. The Balaban J connectivity index is 2.02. The van der Waals surface area contributed by atoms with Crippen molar-refractivity contribution in [2.75, 3.05) is 32.8 Å². The largest absolute Gasteiger partial charge is 0.381 e. The maximum absolute atomic E-state index is 5.95. The fourth-order valence-corrected chi connectivity index (χ4v) is 1.93. The summed E-state index contributed by atoms with van der Waals surface area (Å²) in [6.45, 7) is 6.78. The molecule has 4 heteroatoms. The number of piperidine rings is 1. The Bertz CT molecular complexity index is 213. The monoisotopic (exact) mass is 241 g/mol. The number of likely N-dealkylation sites (tertiary alicyclic amines) is 1. The van der Waals surface area contributed by atoms with Crippen LogP contribution in [0.5, 0.6) is 0 Å². The van der Waals surface area contributed by atoms with E-state index < -0.39 is 0 Å². The average molecular weight is 241 g/mol. The van der Waals surface area contributed by atoms with E-state index in [0.717, 1.165) is 51.6 Å². The van der Waals surface area contributed by atoms with Gasteiger partial charge in [0, 0.05) is 32.8 Å². The molecule has 0 amide bonds. The molecule has 100 valence electrons. The van der Waals surface area contributed by atoms with Crippen LogP contribution in [-0.2, 0) is 4.74 Å². The Kier molecular flexibility index (Phi) is 7.80. The van der Waals surface area contributed by atoms with Crippen molar-refractivity contribution in [1.82, 2.24) is 4.90 Å². The Hall–Kier alpha value is -0.770. The molecule has 0 radical (unpaired) electrons. The highest BCUT2D eigenvalue weighted by atomic mass is 16.5. The molecule has 0 aliphatic carbocycles. The zero-order valence-electron chi connectivity index (χ0n) is 11.2. The molecule has 1 heterocycles. The van der Waals surface area contributed by atoms with E-state index in [1.807, 2.05) is 0 Å². The number of aliphatic imine (C=N–C) groups is 1. The Morgan fingerprint density at radius 1 is 1.18 bits per heavy atom. The van der Waals surface area contributed by atoms with Crippen LogP contribution in [0.4, 0.5) is 0 Å². The molecule has 0 atom stereocenters. The van der Waals surface area contributed by atoms with Crippen LogP contribution in [0.15, 0.2) is 4.99 Å². The maximum atomic E-state index is 5.95. The van der Waals surface area contributed by atoms with Gasteiger partial charge in [-0.15, -0.1) is 0 Å². The molecule has 1 saturated heterocycles. The first kappa shape index (κ1) is 14.3. The van der Waals surface area contributed by atoms with Gasteiger partial charge in [0.2, 0.25) is 0 Å². The highest BCUT2D eigenvalue weighted by Crippen LogP contribution is 2.07. The maximum Gasteiger partial charge on any atom is 0.191 e. The van der Waals surface area contributed by atoms with Crippen molar-refractivity contribution in [2.45, 2.75) is 45.4 Å². The van der Waals surface area contributed by atoms with E-state index in [1.54, 1.807) is 0 Å². The second kappa shape index (κ2) is 9.28. The molecule has 17 heavy (non-hydrogen) atoms. The van der Waals surface area contributed by atoms with Gasteiger partial charge in [0.05, 0.1) is 0 Å². The lowest BCUT2D eigenvalue weighted by atomic mass is 10.1. The third-order valence-electron chi connectivity index (χ3n) is 3.04. The summed E-state index contributed by atoms with van der Waals surface area (Å²) in [4.78, 5) is 6.60. The van der Waals surface area contributed by atoms with Gasteiger partial charge < -0.3 is 15.4 Å². The van der Waals surface area contributed by atoms with E-state index >= 15 is 0 Å². The third kappa shape index (κ3) is 6.51. The molecule has 2 N–H and O–H groups in total. The summed E-state index contributed by atoms with van der Waals surface area (Å²) in [6, 6.07) is 0. The normalized spacial score (nSPS) is 17.5. The number of guanidine groups is 1. The highest BCUT2D eigenvalue weighted by Gasteiger charge is 2.11. The summed E-state index contributed by atoms with van der Waals surface area (Å²) in [5.74, 6) is 0.721. The molecule has 0 unspecified atom stereocenters. The van der Waals surface area contributed by atoms with Gasteiger partial charge in [0.15, 0.2) is 5.96 Å². The molecule has 0 spiro atoms. The zero-order chi connectivity index (χ0) is 12.3. The van der Waals surface area contributed by atoms with Crippen LogP contribution < -0.4 is 5.73 Å². The standard InChI is InChI=1S/C13H27N3O/c1-2-3-11-17-12-7-8-15-13(14)16-9-5-4-6-10-16/h2-12H2,1H3,(H2,14,15). The van der Waals surface area contributed by atoms with Gasteiger partial charge in [-0.1, -0.05) is 13.3 Å². The molecule has 1 aliphatic heterocycles. The van der Waals surface area contributed by atoms with E-state index in [-0.39, 0.29) is 0 Å². The number of unbranched alkanes of at least 4 members (excludes halogenated alkanes) is 1. The van der Waals surface area contributed by atoms with Crippen molar-refractivity contribution in [1.29, 1.82) is 0 Å². The fraction of sp³-hybridized carbons (Fsp3) is 0.923. The first-order valence-electron chi connectivity index (χ1n) is 6.97. The number of ether oxygens (including phenoxy) is 1. The van der Waals surface area contributed by atoms with Crippen LogP contribution in [0.25, 0.3) is 0 Å². The Morgan fingerprint density at radius 3 is 2.59 bits per heavy atom. The van der Waals surface area contributed by atoms with Crippen LogP contribution in [0.1, 0.15) is 45.4 Å². The van der Waals surface area contributed by atoms with E-state index in [9.17, 15) is 0 Å². The number of hydrogen-bond acceptors (Lipinski definition) is 2.